The summed E-state index contributed by atoms with van der Waals surface area (Å²) in [6.07, 6.45) is -1.77. The lowest BCUT2D eigenvalue weighted by molar-refractivity contribution is -0.141. The number of carbonyl (C=O) groups excluding carboxylic acids is 2. The number of aromatic nitrogens is 2. The summed E-state index contributed by atoms with van der Waals surface area (Å²) >= 11 is 0. The Hall–Kier alpha value is -2.77. The molecule has 0 aliphatic rings. The average molecular weight is 379 g/mol. The Kier molecular flexibility index (Phi) is 6.65. The van der Waals surface area contributed by atoms with Crippen LogP contribution in [0.15, 0.2) is 43.0 Å². The maximum atomic E-state index is 12.9. The van der Waals surface area contributed by atoms with Gasteiger partial charge in [0, 0.05) is 36.3 Å². The Morgan fingerprint density at radius 3 is 2.15 bits per heavy atom. The summed E-state index contributed by atoms with van der Waals surface area (Å²) in [4.78, 5) is 31.8. The summed E-state index contributed by atoms with van der Waals surface area (Å²) in [6, 6.07) is 5.66. The van der Waals surface area contributed by atoms with E-state index in [4.69, 9.17) is 0 Å². The highest BCUT2D eigenvalue weighted by molar-refractivity contribution is 6.08. The molecule has 5 nitrogen and oxygen atoms in total. The summed E-state index contributed by atoms with van der Waals surface area (Å²) in [5.41, 5.74) is 0.950. The lowest BCUT2D eigenvalue weighted by Crippen LogP contribution is -2.32. The first-order chi connectivity index (χ1) is 12.7. The van der Waals surface area contributed by atoms with Crippen molar-refractivity contribution in [2.45, 2.75) is 44.8 Å². The van der Waals surface area contributed by atoms with E-state index in [1.807, 2.05) is 0 Å². The molecule has 1 heterocycles. The van der Waals surface area contributed by atoms with Gasteiger partial charge in [-0.25, -0.2) is 9.97 Å². The van der Waals surface area contributed by atoms with E-state index in [-0.39, 0.29) is 23.8 Å². The zero-order valence-electron chi connectivity index (χ0n) is 15.0. The summed E-state index contributed by atoms with van der Waals surface area (Å²) in [5.74, 6) is -1.79. The number of hydrogen-bond acceptors (Lipinski definition) is 4. The molecule has 0 aliphatic carbocycles. The monoisotopic (exact) mass is 379 g/mol. The van der Waals surface area contributed by atoms with Gasteiger partial charge < -0.3 is 5.32 Å². The Bertz CT molecular complexity index is 775. The fourth-order valence-electron chi connectivity index (χ4n) is 2.68. The molecule has 1 amide bonds. The summed E-state index contributed by atoms with van der Waals surface area (Å²) in [7, 11) is 0. The molecule has 0 spiro atoms. The number of halogens is 3. The van der Waals surface area contributed by atoms with Crippen molar-refractivity contribution in [3.63, 3.8) is 0 Å². The zero-order chi connectivity index (χ0) is 20.0. The molecule has 1 aromatic heterocycles. The van der Waals surface area contributed by atoms with Crippen molar-refractivity contribution in [3.05, 3.63) is 59.7 Å². The van der Waals surface area contributed by atoms with Crippen LogP contribution >= 0.6 is 0 Å². The fraction of sp³-hybridized carbons (Fsp3) is 0.368. The third kappa shape index (κ3) is 6.47. The number of nitrogens with one attached hydrogen (secondary N) is 1. The van der Waals surface area contributed by atoms with E-state index in [9.17, 15) is 22.8 Å². The number of rotatable bonds is 7. The highest BCUT2D eigenvalue weighted by Gasteiger charge is 2.33. The van der Waals surface area contributed by atoms with Crippen molar-refractivity contribution in [1.82, 2.24) is 15.3 Å². The lowest BCUT2D eigenvalue weighted by atomic mass is 9.90. The van der Waals surface area contributed by atoms with Gasteiger partial charge in [-0.1, -0.05) is 24.3 Å². The Morgan fingerprint density at radius 2 is 1.63 bits per heavy atom. The van der Waals surface area contributed by atoms with Crippen molar-refractivity contribution < 1.29 is 22.8 Å². The molecular formula is C19H20F3N3O2. The topological polar surface area (TPSA) is 72.0 Å². The van der Waals surface area contributed by atoms with E-state index >= 15 is 0 Å². The van der Waals surface area contributed by atoms with Crippen LogP contribution in [0.3, 0.4) is 0 Å². The van der Waals surface area contributed by atoms with Gasteiger partial charge in [0.25, 0.3) is 0 Å². The molecule has 2 aromatic rings. The van der Waals surface area contributed by atoms with Crippen LogP contribution in [0.5, 0.6) is 0 Å². The minimum atomic E-state index is -4.40. The van der Waals surface area contributed by atoms with E-state index in [0.29, 0.717) is 11.1 Å². The maximum absolute atomic E-state index is 12.9. The molecule has 144 valence electrons. The van der Waals surface area contributed by atoms with E-state index in [1.54, 1.807) is 13.8 Å². The summed E-state index contributed by atoms with van der Waals surface area (Å²) < 4.78 is 38.8. The van der Waals surface area contributed by atoms with Gasteiger partial charge in [0.2, 0.25) is 5.91 Å². The molecule has 0 fully saturated rings. The second-order valence-corrected chi connectivity index (χ2v) is 6.52. The first-order valence-electron chi connectivity index (χ1n) is 8.41. The van der Waals surface area contributed by atoms with Crippen LogP contribution in [-0.4, -0.2) is 33.9 Å². The first-order valence-corrected chi connectivity index (χ1v) is 8.41. The van der Waals surface area contributed by atoms with Gasteiger partial charge in [-0.15, -0.1) is 0 Å². The van der Waals surface area contributed by atoms with Gasteiger partial charge in [-0.3, -0.25) is 9.59 Å². The van der Waals surface area contributed by atoms with E-state index in [1.165, 1.54) is 43.0 Å². The van der Waals surface area contributed by atoms with Crippen molar-refractivity contribution >= 4 is 11.7 Å². The van der Waals surface area contributed by atoms with Crippen LogP contribution in [0.2, 0.25) is 0 Å². The number of nitrogens with zero attached hydrogens (tertiary/aromatic N) is 2. The third-order valence-electron chi connectivity index (χ3n) is 3.83. The molecule has 0 saturated heterocycles. The van der Waals surface area contributed by atoms with Gasteiger partial charge in [-0.2, -0.15) is 13.2 Å². The molecule has 1 N–H and O–H groups in total. The molecule has 27 heavy (non-hydrogen) atoms. The van der Waals surface area contributed by atoms with Crippen LogP contribution < -0.4 is 5.32 Å². The highest BCUT2D eigenvalue weighted by atomic mass is 19.4. The molecular weight excluding hydrogens is 359 g/mol. The largest absolute Gasteiger partial charge is 0.389 e. The van der Waals surface area contributed by atoms with Gasteiger partial charge in [-0.05, 0) is 19.4 Å². The standard InChI is InChI=1S/C19H20F3N3O2/c1-12(2)25-17(26)7-15(8-19(20,21)22)13-3-5-14(6-4-13)18(27)16-9-23-11-24-10-16/h3-6,9-12,15H,7-8H2,1-2H3,(H,25,26). The van der Waals surface area contributed by atoms with Gasteiger partial charge in [0.1, 0.15) is 6.33 Å². The molecule has 1 unspecified atom stereocenters. The molecule has 2 rings (SSSR count). The number of ketones is 1. The van der Waals surface area contributed by atoms with Gasteiger partial charge >= 0.3 is 6.18 Å². The number of hydrogen-bond donors (Lipinski definition) is 1. The Labute approximate surface area is 155 Å². The van der Waals surface area contributed by atoms with Gasteiger partial charge in [0.05, 0.1) is 12.0 Å². The Balaban J connectivity index is 2.20. The molecule has 1 aromatic carbocycles. The molecule has 1 atom stereocenters. The summed E-state index contributed by atoms with van der Waals surface area (Å²) in [5, 5.41) is 2.61. The van der Waals surface area contributed by atoms with Gasteiger partial charge in [0.15, 0.2) is 5.78 Å². The lowest BCUT2D eigenvalue weighted by Gasteiger charge is -2.20. The highest BCUT2D eigenvalue weighted by Crippen LogP contribution is 2.33. The number of benzene rings is 1. The third-order valence-corrected chi connectivity index (χ3v) is 3.83. The smallest absolute Gasteiger partial charge is 0.354 e. The molecule has 0 saturated carbocycles. The van der Waals surface area contributed by atoms with Crippen molar-refractivity contribution in [2.24, 2.45) is 0 Å². The maximum Gasteiger partial charge on any atom is 0.389 e. The average Bonchev–Trinajstić information content (AvgIpc) is 2.59. The Morgan fingerprint density at radius 1 is 1.04 bits per heavy atom. The van der Waals surface area contributed by atoms with Crippen LogP contribution in [0.4, 0.5) is 13.2 Å². The van der Waals surface area contributed by atoms with E-state index in [2.05, 4.69) is 15.3 Å². The number of carbonyl (C=O) groups is 2. The van der Waals surface area contributed by atoms with Crippen molar-refractivity contribution in [1.29, 1.82) is 0 Å². The van der Waals surface area contributed by atoms with Crippen LogP contribution in [0, 0.1) is 0 Å². The first kappa shape index (κ1) is 20.5. The van der Waals surface area contributed by atoms with Crippen LogP contribution in [0.1, 0.15) is 54.1 Å². The minimum Gasteiger partial charge on any atom is -0.354 e. The van der Waals surface area contributed by atoms with Crippen molar-refractivity contribution in [3.8, 4) is 0 Å². The van der Waals surface area contributed by atoms with Crippen LogP contribution in [-0.2, 0) is 4.79 Å². The number of amides is 1. The predicted molar refractivity (Wildman–Crippen MR) is 93.2 cm³/mol. The minimum absolute atomic E-state index is 0.155. The molecule has 0 radical (unpaired) electrons. The van der Waals surface area contributed by atoms with Crippen molar-refractivity contribution in [2.75, 3.05) is 0 Å². The predicted octanol–water partition coefficient (Wildman–Crippen LogP) is 3.66. The van der Waals surface area contributed by atoms with E-state index < -0.39 is 24.4 Å². The number of alkyl halides is 3. The quantitative estimate of drug-likeness (QED) is 0.746. The molecule has 8 heteroatoms. The second kappa shape index (κ2) is 8.75. The van der Waals surface area contributed by atoms with Crippen LogP contribution in [0.25, 0.3) is 0 Å². The van der Waals surface area contributed by atoms with E-state index in [0.717, 1.165) is 0 Å². The zero-order valence-corrected chi connectivity index (χ0v) is 15.0. The molecule has 0 bridgehead atoms. The fourth-order valence-corrected chi connectivity index (χ4v) is 2.68. The second-order valence-electron chi connectivity index (χ2n) is 6.52. The summed E-state index contributed by atoms with van der Waals surface area (Å²) in [6.45, 7) is 3.48. The molecule has 0 aliphatic heterocycles. The SMILES string of the molecule is CC(C)NC(=O)CC(CC(F)(F)F)c1ccc(C(=O)c2cncnc2)cc1. The normalized spacial score (nSPS) is 12.7.